The monoisotopic (exact) mass is 280 g/mol. The molecule has 0 saturated heterocycles. The van der Waals surface area contributed by atoms with Crippen LogP contribution in [0.4, 0.5) is 0 Å². The molecule has 2 nitrogen and oxygen atoms in total. The van der Waals surface area contributed by atoms with Crippen molar-refractivity contribution in [1.82, 2.24) is 8.57 Å². The predicted molar refractivity (Wildman–Crippen MR) is 69.0 cm³/mol. The molecule has 0 N–H and O–H groups in total. The Morgan fingerprint density at radius 2 is 1.81 bits per heavy atom. The zero-order chi connectivity index (χ0) is 11.7. The van der Waals surface area contributed by atoms with Crippen molar-refractivity contribution in [3.05, 3.63) is 41.9 Å². The van der Waals surface area contributed by atoms with Crippen LogP contribution in [-0.2, 0) is 0 Å². The van der Waals surface area contributed by atoms with Gasteiger partial charge in [0.25, 0.3) is 0 Å². The summed E-state index contributed by atoms with van der Waals surface area (Å²) in [5.41, 5.74) is 3.62. The number of benzene rings is 1. The average Bonchev–Trinajstić information content (AvgIpc) is 2.57. The molecule has 2 rings (SSSR count). The minimum atomic E-state index is 0.444. The van der Waals surface area contributed by atoms with Crippen LogP contribution in [0.2, 0.25) is 0 Å². The summed E-state index contributed by atoms with van der Waals surface area (Å²) in [6, 6.07) is 10.4. The van der Waals surface area contributed by atoms with Gasteiger partial charge in [0, 0.05) is 0 Å². The van der Waals surface area contributed by atoms with Crippen LogP contribution >= 0.6 is 0 Å². The van der Waals surface area contributed by atoms with Crippen molar-refractivity contribution in [2.45, 2.75) is 26.7 Å². The molecular weight excluding hydrogens is 263 g/mol. The van der Waals surface area contributed by atoms with E-state index in [1.807, 2.05) is 13.0 Å². The van der Waals surface area contributed by atoms with Crippen molar-refractivity contribution in [2.24, 2.45) is 0 Å². The van der Waals surface area contributed by atoms with Crippen LogP contribution in [0, 0.1) is 6.92 Å². The Kier molecular flexibility index (Phi) is 3.17. The molecule has 0 spiro atoms. The van der Waals surface area contributed by atoms with E-state index in [-0.39, 0.29) is 0 Å². The van der Waals surface area contributed by atoms with Crippen LogP contribution in [0.3, 0.4) is 0 Å². The summed E-state index contributed by atoms with van der Waals surface area (Å²) in [4.78, 5) is 4.63. The Labute approximate surface area is 105 Å². The van der Waals surface area contributed by atoms with Crippen molar-refractivity contribution in [3.63, 3.8) is 0 Å². The van der Waals surface area contributed by atoms with E-state index in [4.69, 9.17) is 0 Å². The molecule has 0 amide bonds. The fourth-order valence-corrected chi connectivity index (χ4v) is 2.36. The predicted octanol–water partition coefficient (Wildman–Crippen LogP) is 2.65. The quantitative estimate of drug-likeness (QED) is 0.773. The Morgan fingerprint density at radius 3 is 2.38 bits per heavy atom. The van der Waals surface area contributed by atoms with E-state index in [1.165, 1.54) is 17.0 Å². The third-order valence-electron chi connectivity index (χ3n) is 2.64. The molecule has 0 aliphatic carbocycles. The number of imidazole rings is 1. The first kappa shape index (κ1) is 11.4. The number of aryl methyl sites for hydroxylation is 1. The van der Waals surface area contributed by atoms with E-state index in [1.54, 1.807) is 0 Å². The van der Waals surface area contributed by atoms with Crippen molar-refractivity contribution in [2.75, 3.05) is 0 Å². The second-order valence-electron chi connectivity index (χ2n) is 4.23. The van der Waals surface area contributed by atoms with Crippen LogP contribution in [0.15, 0.2) is 30.3 Å². The molecule has 0 aliphatic heterocycles. The Hall–Kier alpha value is -1.05. The number of hydrogen-bond acceptors (Lipinski definition) is 1. The second kappa shape index (κ2) is 4.44. The van der Waals surface area contributed by atoms with E-state index in [2.05, 4.69) is 62.9 Å². The minimum absolute atomic E-state index is 0.444. The molecule has 1 aromatic heterocycles. The SMILES string of the molecule is Cc1nc(C(C)C)c(-c2ccccc2)n1[SeH]. The van der Waals surface area contributed by atoms with Crippen LogP contribution < -0.4 is 0 Å². The summed E-state index contributed by atoms with van der Waals surface area (Å²) < 4.78 is 2.11. The molecule has 0 saturated carbocycles. The second-order valence-corrected chi connectivity index (χ2v) is 5.06. The molecule has 84 valence electrons. The van der Waals surface area contributed by atoms with Crippen LogP contribution in [-0.4, -0.2) is 24.8 Å². The third-order valence-corrected chi connectivity index (χ3v) is 3.66. The number of aromatic nitrogens is 2. The molecule has 0 atom stereocenters. The van der Waals surface area contributed by atoms with E-state index < -0.39 is 0 Å². The van der Waals surface area contributed by atoms with E-state index in [0.717, 1.165) is 5.82 Å². The molecule has 0 unspecified atom stereocenters. The molecule has 0 fully saturated rings. The zero-order valence-corrected chi connectivity index (χ0v) is 11.7. The van der Waals surface area contributed by atoms with E-state index >= 15 is 0 Å². The van der Waals surface area contributed by atoms with Gasteiger partial charge in [-0.1, -0.05) is 0 Å². The Balaban J connectivity index is 2.64. The summed E-state index contributed by atoms with van der Waals surface area (Å²) in [6.45, 7) is 6.40. The number of rotatable bonds is 2. The number of nitrogens with zero attached hydrogens (tertiary/aromatic N) is 2. The van der Waals surface area contributed by atoms with Gasteiger partial charge in [-0.05, 0) is 0 Å². The first-order valence-electron chi connectivity index (χ1n) is 5.45. The van der Waals surface area contributed by atoms with Gasteiger partial charge in [0.1, 0.15) is 0 Å². The van der Waals surface area contributed by atoms with Gasteiger partial charge >= 0.3 is 105 Å². The normalized spacial score (nSPS) is 11.1. The van der Waals surface area contributed by atoms with Crippen molar-refractivity contribution in [1.29, 1.82) is 0 Å². The molecule has 0 bridgehead atoms. The molecular formula is C13H16N2Se. The van der Waals surface area contributed by atoms with Crippen LogP contribution in [0.25, 0.3) is 11.3 Å². The van der Waals surface area contributed by atoms with Crippen molar-refractivity contribution >= 4 is 16.2 Å². The molecule has 0 radical (unpaired) electrons. The number of hydrogen-bond donors (Lipinski definition) is 0. The van der Waals surface area contributed by atoms with Crippen LogP contribution in [0.5, 0.6) is 0 Å². The molecule has 2 aromatic rings. The topological polar surface area (TPSA) is 17.8 Å². The first-order valence-corrected chi connectivity index (χ1v) is 6.29. The van der Waals surface area contributed by atoms with Gasteiger partial charge in [0.05, 0.1) is 0 Å². The van der Waals surface area contributed by atoms with Gasteiger partial charge in [-0.25, -0.2) is 0 Å². The van der Waals surface area contributed by atoms with Crippen molar-refractivity contribution < 1.29 is 0 Å². The summed E-state index contributed by atoms with van der Waals surface area (Å²) in [5, 5.41) is 0. The molecule has 1 aromatic carbocycles. The van der Waals surface area contributed by atoms with Crippen molar-refractivity contribution in [3.8, 4) is 11.3 Å². The summed E-state index contributed by atoms with van der Waals surface area (Å²) >= 11 is 2.57. The fraction of sp³-hybridized carbons (Fsp3) is 0.308. The molecule has 0 aliphatic rings. The van der Waals surface area contributed by atoms with Gasteiger partial charge in [-0.15, -0.1) is 0 Å². The van der Waals surface area contributed by atoms with Crippen LogP contribution in [0.1, 0.15) is 31.3 Å². The maximum absolute atomic E-state index is 4.63. The summed E-state index contributed by atoms with van der Waals surface area (Å²) in [7, 11) is 0. The van der Waals surface area contributed by atoms with Gasteiger partial charge < -0.3 is 0 Å². The average molecular weight is 279 g/mol. The van der Waals surface area contributed by atoms with E-state index in [9.17, 15) is 0 Å². The first-order chi connectivity index (χ1) is 7.61. The summed E-state index contributed by atoms with van der Waals surface area (Å²) in [6.07, 6.45) is 0. The molecule has 3 heteroatoms. The maximum atomic E-state index is 4.63. The standard InChI is InChI=1S/C13H16N2Se/c1-9(2)12-13(15(16)10(3)14-12)11-7-5-4-6-8-11/h4-9,16H,1-3H3. The van der Waals surface area contributed by atoms with Gasteiger partial charge in [0.15, 0.2) is 0 Å². The Morgan fingerprint density at radius 1 is 1.19 bits per heavy atom. The molecule has 16 heavy (non-hydrogen) atoms. The van der Waals surface area contributed by atoms with E-state index in [0.29, 0.717) is 5.92 Å². The van der Waals surface area contributed by atoms with Gasteiger partial charge in [-0.3, -0.25) is 0 Å². The van der Waals surface area contributed by atoms with Gasteiger partial charge in [0.2, 0.25) is 0 Å². The zero-order valence-electron chi connectivity index (χ0n) is 9.81. The van der Waals surface area contributed by atoms with Gasteiger partial charge in [-0.2, -0.15) is 0 Å². The fourth-order valence-electron chi connectivity index (χ4n) is 1.81. The Bertz CT molecular complexity index is 486. The molecule has 1 heterocycles. The third kappa shape index (κ3) is 1.93. The summed E-state index contributed by atoms with van der Waals surface area (Å²) in [5.74, 6) is 1.49.